The van der Waals surface area contributed by atoms with Gasteiger partial charge < -0.3 is 14.5 Å². The molecule has 32 heavy (non-hydrogen) atoms. The number of benzene rings is 3. The van der Waals surface area contributed by atoms with E-state index in [1.54, 1.807) is 19.4 Å². The van der Waals surface area contributed by atoms with E-state index in [-0.39, 0.29) is 5.91 Å². The highest BCUT2D eigenvalue weighted by molar-refractivity contribution is 6.05. The van der Waals surface area contributed by atoms with E-state index in [9.17, 15) is 4.79 Å². The van der Waals surface area contributed by atoms with Gasteiger partial charge in [-0.3, -0.25) is 4.79 Å². The molecule has 0 atom stereocenters. The lowest BCUT2D eigenvalue weighted by atomic mass is 9.96. The fourth-order valence-electron chi connectivity index (χ4n) is 3.95. The van der Waals surface area contributed by atoms with Crippen LogP contribution in [0, 0.1) is 20.8 Å². The van der Waals surface area contributed by atoms with Gasteiger partial charge in [-0.25, -0.2) is 0 Å². The van der Waals surface area contributed by atoms with Crippen LogP contribution in [0.4, 0.5) is 5.69 Å². The number of methoxy groups -OCH3 is 1. The minimum absolute atomic E-state index is 0.185. The minimum atomic E-state index is -0.185. The summed E-state index contributed by atoms with van der Waals surface area (Å²) in [5, 5.41) is 3.90. The van der Waals surface area contributed by atoms with E-state index in [0.717, 1.165) is 44.5 Å². The third-order valence-electron chi connectivity index (χ3n) is 5.66. The van der Waals surface area contributed by atoms with Crippen molar-refractivity contribution in [3.8, 4) is 16.9 Å². The zero-order valence-corrected chi connectivity index (χ0v) is 19.1. The molecule has 162 valence electrons. The standard InChI is InChI=1S/C28H27NO3/c1-17-6-9-21(10-7-17)29-28(30)13-20(4)23-14-24-25(16-32-27(24)15-26(23)31-5)22-11-8-18(2)12-19(22)3/h6-16H,1-5H3,(H,29,30)/b20-13+. The second-order valence-corrected chi connectivity index (χ2v) is 8.20. The lowest BCUT2D eigenvalue weighted by molar-refractivity contribution is -0.111. The molecule has 4 nitrogen and oxygen atoms in total. The summed E-state index contributed by atoms with van der Waals surface area (Å²) in [5.41, 5.74) is 8.88. The first kappa shape index (κ1) is 21.4. The molecule has 3 aromatic carbocycles. The molecular formula is C28H27NO3. The van der Waals surface area contributed by atoms with Gasteiger partial charge >= 0.3 is 0 Å². The maximum Gasteiger partial charge on any atom is 0.248 e. The van der Waals surface area contributed by atoms with Crippen molar-refractivity contribution >= 4 is 28.1 Å². The Hall–Kier alpha value is -3.79. The summed E-state index contributed by atoms with van der Waals surface area (Å²) in [5.74, 6) is 0.478. The van der Waals surface area contributed by atoms with Crippen LogP contribution in [0.15, 0.2) is 71.4 Å². The van der Waals surface area contributed by atoms with Gasteiger partial charge in [-0.2, -0.15) is 0 Å². The number of ether oxygens (including phenoxy) is 1. The Kier molecular flexibility index (Phi) is 5.87. The second-order valence-electron chi connectivity index (χ2n) is 8.20. The molecule has 4 aromatic rings. The summed E-state index contributed by atoms with van der Waals surface area (Å²) in [7, 11) is 1.62. The van der Waals surface area contributed by atoms with Crippen LogP contribution < -0.4 is 10.1 Å². The van der Waals surface area contributed by atoms with Crippen molar-refractivity contribution in [2.45, 2.75) is 27.7 Å². The Balaban J connectivity index is 1.73. The van der Waals surface area contributed by atoms with Gasteiger partial charge in [0.15, 0.2) is 0 Å². The molecule has 0 fully saturated rings. The zero-order valence-electron chi connectivity index (χ0n) is 19.1. The Morgan fingerprint density at radius 2 is 1.66 bits per heavy atom. The van der Waals surface area contributed by atoms with E-state index in [1.807, 2.05) is 50.2 Å². The van der Waals surface area contributed by atoms with E-state index in [0.29, 0.717) is 5.75 Å². The largest absolute Gasteiger partial charge is 0.496 e. The number of hydrogen-bond donors (Lipinski definition) is 1. The number of carbonyl (C=O) groups is 1. The fourth-order valence-corrected chi connectivity index (χ4v) is 3.95. The first-order valence-electron chi connectivity index (χ1n) is 10.6. The Morgan fingerprint density at radius 3 is 2.34 bits per heavy atom. The molecule has 1 aromatic heterocycles. The van der Waals surface area contributed by atoms with Crippen molar-refractivity contribution in [2.75, 3.05) is 12.4 Å². The molecule has 0 unspecified atom stereocenters. The lowest BCUT2D eigenvalue weighted by Gasteiger charge is -2.11. The second kappa shape index (κ2) is 8.75. The van der Waals surface area contributed by atoms with E-state index in [1.165, 1.54) is 11.1 Å². The third kappa shape index (κ3) is 4.30. The van der Waals surface area contributed by atoms with Gasteiger partial charge in [0.1, 0.15) is 11.3 Å². The Labute approximate surface area is 188 Å². The minimum Gasteiger partial charge on any atom is -0.496 e. The number of hydrogen-bond acceptors (Lipinski definition) is 3. The summed E-state index contributed by atoms with van der Waals surface area (Å²) >= 11 is 0. The van der Waals surface area contributed by atoms with Gasteiger partial charge in [0.25, 0.3) is 0 Å². The maximum absolute atomic E-state index is 12.6. The summed E-state index contributed by atoms with van der Waals surface area (Å²) in [6, 6.07) is 18.0. The maximum atomic E-state index is 12.6. The number of anilines is 1. The van der Waals surface area contributed by atoms with Gasteiger partial charge in [-0.15, -0.1) is 0 Å². The quantitative estimate of drug-likeness (QED) is 0.348. The van der Waals surface area contributed by atoms with Gasteiger partial charge in [0.05, 0.1) is 13.4 Å². The van der Waals surface area contributed by atoms with Crippen LogP contribution >= 0.6 is 0 Å². The molecule has 1 amide bonds. The van der Waals surface area contributed by atoms with Crippen LogP contribution in [0.1, 0.15) is 29.2 Å². The molecule has 0 aliphatic heterocycles. The van der Waals surface area contributed by atoms with E-state index in [4.69, 9.17) is 9.15 Å². The predicted molar refractivity (Wildman–Crippen MR) is 131 cm³/mol. The van der Waals surface area contributed by atoms with Gasteiger partial charge in [0.2, 0.25) is 5.91 Å². The number of rotatable bonds is 5. The monoisotopic (exact) mass is 425 g/mol. The van der Waals surface area contributed by atoms with Crippen LogP contribution in [0.5, 0.6) is 5.75 Å². The molecule has 0 radical (unpaired) electrons. The SMILES string of the molecule is COc1cc2occ(-c3ccc(C)cc3C)c2cc1/C(C)=C/C(=O)Nc1ccc(C)cc1. The molecule has 0 bridgehead atoms. The van der Waals surface area contributed by atoms with Crippen molar-refractivity contribution < 1.29 is 13.9 Å². The molecule has 4 heteroatoms. The smallest absolute Gasteiger partial charge is 0.248 e. The molecular weight excluding hydrogens is 398 g/mol. The number of fused-ring (bicyclic) bond motifs is 1. The van der Waals surface area contributed by atoms with Gasteiger partial charge in [-0.05, 0) is 62.6 Å². The average molecular weight is 426 g/mol. The molecule has 4 rings (SSSR count). The molecule has 0 aliphatic rings. The summed E-state index contributed by atoms with van der Waals surface area (Å²) in [6.45, 7) is 8.12. The lowest BCUT2D eigenvalue weighted by Crippen LogP contribution is -2.08. The summed E-state index contributed by atoms with van der Waals surface area (Å²) < 4.78 is 11.5. The van der Waals surface area contributed by atoms with Crippen LogP contribution in [0.25, 0.3) is 27.7 Å². The topological polar surface area (TPSA) is 51.5 Å². The van der Waals surface area contributed by atoms with E-state index < -0.39 is 0 Å². The van der Waals surface area contributed by atoms with Crippen molar-refractivity contribution in [3.63, 3.8) is 0 Å². The zero-order chi connectivity index (χ0) is 22.8. The fraction of sp³-hybridized carbons (Fsp3) is 0.179. The number of carbonyl (C=O) groups excluding carboxylic acids is 1. The first-order chi connectivity index (χ1) is 15.4. The van der Waals surface area contributed by atoms with Gasteiger partial charge in [-0.1, -0.05) is 41.5 Å². The Bertz CT molecular complexity index is 1330. The molecule has 0 saturated carbocycles. The number of amides is 1. The number of nitrogens with one attached hydrogen (secondary N) is 1. The Morgan fingerprint density at radius 1 is 0.938 bits per heavy atom. The summed E-state index contributed by atoms with van der Waals surface area (Å²) in [4.78, 5) is 12.6. The highest BCUT2D eigenvalue weighted by Crippen LogP contribution is 2.38. The van der Waals surface area contributed by atoms with Gasteiger partial charge in [0, 0.05) is 34.3 Å². The van der Waals surface area contributed by atoms with Crippen LogP contribution in [-0.2, 0) is 4.79 Å². The highest BCUT2D eigenvalue weighted by atomic mass is 16.5. The molecule has 1 N–H and O–H groups in total. The molecule has 0 aliphatic carbocycles. The van der Waals surface area contributed by atoms with Crippen LogP contribution in [0.2, 0.25) is 0 Å². The van der Waals surface area contributed by atoms with E-state index in [2.05, 4.69) is 37.4 Å². The van der Waals surface area contributed by atoms with E-state index >= 15 is 0 Å². The molecule has 1 heterocycles. The number of allylic oxidation sites excluding steroid dienone is 1. The summed E-state index contributed by atoms with van der Waals surface area (Å²) in [6.07, 6.45) is 3.38. The molecule has 0 saturated heterocycles. The van der Waals surface area contributed by atoms with Crippen molar-refractivity contribution in [1.29, 1.82) is 0 Å². The van der Waals surface area contributed by atoms with Crippen molar-refractivity contribution in [2.24, 2.45) is 0 Å². The van der Waals surface area contributed by atoms with Crippen LogP contribution in [0.3, 0.4) is 0 Å². The highest BCUT2D eigenvalue weighted by Gasteiger charge is 2.16. The predicted octanol–water partition coefficient (Wildman–Crippen LogP) is 7.08. The van der Waals surface area contributed by atoms with Crippen molar-refractivity contribution in [3.05, 3.63) is 89.2 Å². The normalized spacial score (nSPS) is 11.6. The number of furan rings is 1. The first-order valence-corrected chi connectivity index (χ1v) is 10.6. The van der Waals surface area contributed by atoms with Crippen molar-refractivity contribution in [1.82, 2.24) is 0 Å². The number of aryl methyl sites for hydroxylation is 3. The van der Waals surface area contributed by atoms with Crippen LogP contribution in [-0.4, -0.2) is 13.0 Å². The molecule has 0 spiro atoms. The average Bonchev–Trinajstić information content (AvgIpc) is 3.17. The third-order valence-corrected chi connectivity index (χ3v) is 5.66.